The number of aliphatic hydroxyl groups is 1. The second-order valence-electron chi connectivity index (χ2n) is 4.62. The Labute approximate surface area is 129 Å². The van der Waals surface area contributed by atoms with Crippen molar-refractivity contribution in [3.63, 3.8) is 0 Å². The van der Waals surface area contributed by atoms with Crippen molar-refractivity contribution in [1.82, 2.24) is 9.78 Å². The lowest BCUT2D eigenvalue weighted by Crippen LogP contribution is -2.14. The van der Waals surface area contributed by atoms with Crippen molar-refractivity contribution in [2.75, 3.05) is 13.7 Å². The standard InChI is InChI=1S/C14H15BrF2N2O2/c1-8-5-9(12(17)6-11(8)16)14(20)13-10(15)7-18-19(13)3-4-21-2/h5-7,14,20H,3-4H2,1-2H3. The summed E-state index contributed by atoms with van der Waals surface area (Å²) in [5.41, 5.74) is 0.676. The number of nitrogens with zero attached hydrogens (tertiary/aromatic N) is 2. The molecule has 0 spiro atoms. The third kappa shape index (κ3) is 3.30. The number of rotatable bonds is 5. The van der Waals surface area contributed by atoms with Crippen LogP contribution in [0.1, 0.15) is 22.9 Å². The highest BCUT2D eigenvalue weighted by molar-refractivity contribution is 9.10. The molecule has 0 saturated heterocycles. The van der Waals surface area contributed by atoms with Crippen LogP contribution in [0.3, 0.4) is 0 Å². The molecule has 1 N–H and O–H groups in total. The van der Waals surface area contributed by atoms with Crippen molar-refractivity contribution < 1.29 is 18.6 Å². The number of aromatic nitrogens is 2. The summed E-state index contributed by atoms with van der Waals surface area (Å²) >= 11 is 3.28. The second kappa shape index (κ2) is 6.64. The molecular formula is C14H15BrF2N2O2. The van der Waals surface area contributed by atoms with Gasteiger partial charge in [0.05, 0.1) is 29.5 Å². The van der Waals surface area contributed by atoms with Gasteiger partial charge in [0.25, 0.3) is 0 Å². The number of hydrogen-bond donors (Lipinski definition) is 1. The molecule has 7 heteroatoms. The van der Waals surface area contributed by atoms with Gasteiger partial charge in [-0.25, -0.2) is 8.78 Å². The Balaban J connectivity index is 2.42. The zero-order chi connectivity index (χ0) is 15.6. The molecule has 0 saturated carbocycles. The molecule has 0 fully saturated rings. The first-order valence-electron chi connectivity index (χ1n) is 6.29. The van der Waals surface area contributed by atoms with Crippen molar-refractivity contribution in [2.24, 2.45) is 0 Å². The first kappa shape index (κ1) is 16.1. The average molecular weight is 361 g/mol. The molecule has 114 valence electrons. The van der Waals surface area contributed by atoms with Crippen molar-refractivity contribution >= 4 is 15.9 Å². The monoisotopic (exact) mass is 360 g/mol. The fourth-order valence-corrected chi connectivity index (χ4v) is 2.55. The van der Waals surface area contributed by atoms with E-state index in [0.29, 0.717) is 23.3 Å². The molecule has 0 aliphatic rings. The second-order valence-corrected chi connectivity index (χ2v) is 5.47. The van der Waals surface area contributed by atoms with Crippen LogP contribution < -0.4 is 0 Å². The summed E-state index contributed by atoms with van der Waals surface area (Å²) in [6.07, 6.45) is 0.265. The molecule has 2 rings (SSSR count). The first-order valence-corrected chi connectivity index (χ1v) is 7.08. The van der Waals surface area contributed by atoms with Gasteiger partial charge in [0.1, 0.15) is 17.7 Å². The highest BCUT2D eigenvalue weighted by Crippen LogP contribution is 2.31. The van der Waals surface area contributed by atoms with Gasteiger partial charge in [-0.2, -0.15) is 5.10 Å². The zero-order valence-electron chi connectivity index (χ0n) is 11.6. The molecule has 0 bridgehead atoms. The highest BCUT2D eigenvalue weighted by Gasteiger charge is 2.23. The van der Waals surface area contributed by atoms with Crippen LogP contribution in [0.25, 0.3) is 0 Å². The van der Waals surface area contributed by atoms with E-state index >= 15 is 0 Å². The zero-order valence-corrected chi connectivity index (χ0v) is 13.2. The predicted octanol–water partition coefficient (Wildman–Crippen LogP) is 2.96. The average Bonchev–Trinajstić information content (AvgIpc) is 2.81. The summed E-state index contributed by atoms with van der Waals surface area (Å²) in [6, 6.07) is 2.08. The Morgan fingerprint density at radius 3 is 2.76 bits per heavy atom. The molecule has 21 heavy (non-hydrogen) atoms. The summed E-state index contributed by atoms with van der Waals surface area (Å²) in [4.78, 5) is 0. The number of ether oxygens (including phenoxy) is 1. The van der Waals surface area contributed by atoms with Crippen molar-refractivity contribution in [3.8, 4) is 0 Å². The minimum absolute atomic E-state index is 0.00812. The number of aryl methyl sites for hydroxylation is 1. The van der Waals surface area contributed by atoms with Crippen LogP contribution >= 0.6 is 15.9 Å². The van der Waals surface area contributed by atoms with Crippen LogP contribution in [0.2, 0.25) is 0 Å². The van der Waals surface area contributed by atoms with E-state index in [1.165, 1.54) is 23.9 Å². The van der Waals surface area contributed by atoms with Crippen LogP contribution in [0.4, 0.5) is 8.78 Å². The topological polar surface area (TPSA) is 47.3 Å². The van der Waals surface area contributed by atoms with Crippen molar-refractivity contribution in [1.29, 1.82) is 0 Å². The molecule has 0 aliphatic carbocycles. The molecule has 1 heterocycles. The fraction of sp³-hybridized carbons (Fsp3) is 0.357. The minimum Gasteiger partial charge on any atom is -0.383 e. The summed E-state index contributed by atoms with van der Waals surface area (Å²) in [5, 5.41) is 14.5. The summed E-state index contributed by atoms with van der Waals surface area (Å²) in [5.74, 6) is -1.44. The van der Waals surface area contributed by atoms with E-state index in [0.717, 1.165) is 6.07 Å². The van der Waals surface area contributed by atoms with Gasteiger partial charge in [-0.15, -0.1) is 0 Å². The minimum atomic E-state index is -1.25. The van der Waals surface area contributed by atoms with Crippen LogP contribution in [0.15, 0.2) is 22.8 Å². The Kier molecular flexibility index (Phi) is 5.08. The lowest BCUT2D eigenvalue weighted by atomic mass is 10.0. The molecular weight excluding hydrogens is 346 g/mol. The molecule has 4 nitrogen and oxygen atoms in total. The SMILES string of the molecule is COCCn1ncc(Br)c1C(O)c1cc(C)c(F)cc1F. The van der Waals surface area contributed by atoms with E-state index in [-0.39, 0.29) is 11.1 Å². The van der Waals surface area contributed by atoms with E-state index in [4.69, 9.17) is 4.74 Å². The lowest BCUT2D eigenvalue weighted by Gasteiger charge is -2.16. The van der Waals surface area contributed by atoms with Crippen molar-refractivity contribution in [2.45, 2.75) is 19.6 Å². The van der Waals surface area contributed by atoms with Gasteiger partial charge in [-0.3, -0.25) is 4.68 Å². The van der Waals surface area contributed by atoms with E-state index in [2.05, 4.69) is 21.0 Å². The van der Waals surface area contributed by atoms with Crippen LogP contribution in [-0.4, -0.2) is 28.6 Å². The van der Waals surface area contributed by atoms with Gasteiger partial charge in [0, 0.05) is 18.7 Å². The number of hydrogen-bond acceptors (Lipinski definition) is 3. The molecule has 0 amide bonds. The number of aliphatic hydroxyl groups excluding tert-OH is 1. The largest absolute Gasteiger partial charge is 0.383 e. The highest BCUT2D eigenvalue weighted by atomic mass is 79.9. The lowest BCUT2D eigenvalue weighted by molar-refractivity contribution is 0.169. The molecule has 1 unspecified atom stereocenters. The fourth-order valence-electron chi connectivity index (χ4n) is 2.04. The Hall–Kier alpha value is -1.31. The first-order chi connectivity index (χ1) is 9.95. The third-order valence-corrected chi connectivity index (χ3v) is 3.78. The van der Waals surface area contributed by atoms with Crippen molar-refractivity contribution in [3.05, 3.63) is 51.3 Å². The number of halogens is 3. The quantitative estimate of drug-likeness (QED) is 0.891. The van der Waals surface area contributed by atoms with E-state index in [1.54, 1.807) is 7.11 Å². The molecule has 1 atom stereocenters. The number of benzene rings is 1. The maximum absolute atomic E-state index is 13.9. The summed E-state index contributed by atoms with van der Waals surface area (Å²) in [6.45, 7) is 2.33. The number of methoxy groups -OCH3 is 1. The van der Waals surface area contributed by atoms with Gasteiger partial charge in [0.15, 0.2) is 0 Å². The molecule has 1 aromatic heterocycles. The molecule has 2 aromatic rings. The Morgan fingerprint density at radius 2 is 2.10 bits per heavy atom. The van der Waals surface area contributed by atoms with E-state index in [9.17, 15) is 13.9 Å². The maximum atomic E-state index is 13.9. The van der Waals surface area contributed by atoms with Gasteiger partial charge >= 0.3 is 0 Å². The van der Waals surface area contributed by atoms with Gasteiger partial charge < -0.3 is 9.84 Å². The molecule has 0 radical (unpaired) electrons. The van der Waals surface area contributed by atoms with Crippen LogP contribution in [0, 0.1) is 18.6 Å². The smallest absolute Gasteiger partial charge is 0.132 e. The molecule has 0 aliphatic heterocycles. The third-order valence-electron chi connectivity index (χ3n) is 3.17. The Bertz CT molecular complexity index is 646. The van der Waals surface area contributed by atoms with Gasteiger partial charge in [0.2, 0.25) is 0 Å². The molecule has 1 aromatic carbocycles. The van der Waals surface area contributed by atoms with E-state index in [1.807, 2.05) is 0 Å². The maximum Gasteiger partial charge on any atom is 0.132 e. The predicted molar refractivity (Wildman–Crippen MR) is 77.0 cm³/mol. The van der Waals surface area contributed by atoms with Gasteiger partial charge in [-0.1, -0.05) is 0 Å². The van der Waals surface area contributed by atoms with Crippen LogP contribution in [-0.2, 0) is 11.3 Å². The summed E-state index contributed by atoms with van der Waals surface area (Å²) < 4.78 is 34.3. The van der Waals surface area contributed by atoms with Gasteiger partial charge in [-0.05, 0) is 34.5 Å². The van der Waals surface area contributed by atoms with E-state index < -0.39 is 17.7 Å². The normalized spacial score (nSPS) is 12.7. The Morgan fingerprint density at radius 1 is 1.38 bits per heavy atom. The summed E-state index contributed by atoms with van der Waals surface area (Å²) in [7, 11) is 1.55. The van der Waals surface area contributed by atoms with Crippen LogP contribution in [0.5, 0.6) is 0 Å².